The number of urea groups is 1. The Labute approximate surface area is 85.1 Å². The first kappa shape index (κ1) is 11.0. The van der Waals surface area contributed by atoms with E-state index in [4.69, 9.17) is 5.11 Å². The van der Waals surface area contributed by atoms with E-state index in [0.717, 1.165) is 0 Å². The van der Waals surface area contributed by atoms with Crippen LogP contribution < -0.4 is 10.6 Å². The van der Waals surface area contributed by atoms with Crippen molar-refractivity contribution in [2.24, 2.45) is 0 Å². The second-order valence-corrected chi connectivity index (χ2v) is 2.82. The fraction of sp³-hybridized carbons (Fsp3) is 0.429. The minimum Gasteiger partial charge on any atom is -0.480 e. The van der Waals surface area contributed by atoms with Crippen molar-refractivity contribution in [1.29, 1.82) is 0 Å². The van der Waals surface area contributed by atoms with Gasteiger partial charge in [-0.05, 0) is 6.92 Å². The smallest absolute Gasteiger partial charge is 0.325 e. The monoisotopic (exact) mass is 213 g/mol. The third kappa shape index (κ3) is 3.63. The molecule has 15 heavy (non-hydrogen) atoms. The topological polar surface area (TPSA) is 120 Å². The molecule has 4 N–H and O–H groups in total. The number of nitrogens with one attached hydrogen (secondary N) is 3. The van der Waals surface area contributed by atoms with E-state index < -0.39 is 18.0 Å². The molecule has 8 nitrogen and oxygen atoms in total. The van der Waals surface area contributed by atoms with E-state index in [2.05, 4.69) is 25.8 Å². The van der Waals surface area contributed by atoms with Crippen LogP contribution in [-0.2, 0) is 11.3 Å². The molecular formula is C7H11N5O3. The number of aliphatic carboxylic acids is 1. The second-order valence-electron chi connectivity index (χ2n) is 2.82. The van der Waals surface area contributed by atoms with Gasteiger partial charge in [0.15, 0.2) is 0 Å². The first-order valence-corrected chi connectivity index (χ1v) is 4.21. The summed E-state index contributed by atoms with van der Waals surface area (Å²) in [6.07, 6.45) is 1.31. The van der Waals surface area contributed by atoms with E-state index in [0.29, 0.717) is 5.82 Å². The van der Waals surface area contributed by atoms with Gasteiger partial charge in [-0.2, -0.15) is 5.10 Å². The lowest BCUT2D eigenvalue weighted by Gasteiger charge is -2.09. The standard InChI is InChI=1S/C7H11N5O3/c1-4(6(13)14)11-7(15)8-2-5-9-3-10-12-5/h3-4H,2H2,1H3,(H,13,14)(H2,8,11,15)(H,9,10,12)/t4-/m0/s1. The Balaban J connectivity index is 2.28. The fourth-order valence-corrected chi connectivity index (χ4v) is 0.789. The number of amides is 2. The van der Waals surface area contributed by atoms with Crippen LogP contribution >= 0.6 is 0 Å². The van der Waals surface area contributed by atoms with E-state index in [9.17, 15) is 9.59 Å². The molecule has 0 aromatic carbocycles. The maximum Gasteiger partial charge on any atom is 0.325 e. The van der Waals surface area contributed by atoms with Crippen molar-refractivity contribution in [3.8, 4) is 0 Å². The molecule has 82 valence electrons. The molecule has 0 spiro atoms. The number of carbonyl (C=O) groups excluding carboxylic acids is 1. The number of aromatic nitrogens is 3. The van der Waals surface area contributed by atoms with Crippen LogP contribution in [0.3, 0.4) is 0 Å². The number of hydrogen-bond donors (Lipinski definition) is 4. The fourth-order valence-electron chi connectivity index (χ4n) is 0.789. The number of carboxylic acid groups (broad SMARTS) is 1. The van der Waals surface area contributed by atoms with Gasteiger partial charge in [0.1, 0.15) is 18.2 Å². The third-order valence-electron chi connectivity index (χ3n) is 1.60. The van der Waals surface area contributed by atoms with E-state index in [1.54, 1.807) is 0 Å². The molecule has 1 aromatic heterocycles. The number of nitrogens with zero attached hydrogens (tertiary/aromatic N) is 2. The number of H-pyrrole nitrogens is 1. The van der Waals surface area contributed by atoms with E-state index in [1.807, 2.05) is 0 Å². The predicted molar refractivity (Wildman–Crippen MR) is 48.9 cm³/mol. The van der Waals surface area contributed by atoms with Crippen LogP contribution in [-0.4, -0.2) is 38.3 Å². The molecule has 2 amide bonds. The number of hydrogen-bond acceptors (Lipinski definition) is 4. The molecule has 1 atom stereocenters. The van der Waals surface area contributed by atoms with Crippen LogP contribution in [0.5, 0.6) is 0 Å². The minimum atomic E-state index is -1.09. The van der Waals surface area contributed by atoms with Crippen LogP contribution in [0.25, 0.3) is 0 Å². The Hall–Kier alpha value is -2.12. The van der Waals surface area contributed by atoms with Crippen molar-refractivity contribution in [1.82, 2.24) is 25.8 Å². The van der Waals surface area contributed by atoms with Gasteiger partial charge in [-0.15, -0.1) is 0 Å². The largest absolute Gasteiger partial charge is 0.480 e. The molecule has 0 saturated carbocycles. The maximum atomic E-state index is 11.1. The zero-order valence-electron chi connectivity index (χ0n) is 8.02. The van der Waals surface area contributed by atoms with Gasteiger partial charge in [0, 0.05) is 0 Å². The third-order valence-corrected chi connectivity index (χ3v) is 1.60. The van der Waals surface area contributed by atoms with Crippen molar-refractivity contribution in [2.45, 2.75) is 19.5 Å². The molecule has 0 bridgehead atoms. The summed E-state index contributed by atoms with van der Waals surface area (Å²) in [5.74, 6) is -0.599. The van der Waals surface area contributed by atoms with Crippen molar-refractivity contribution in [3.63, 3.8) is 0 Å². The number of aromatic amines is 1. The normalized spacial score (nSPS) is 11.8. The molecule has 0 fully saturated rings. The lowest BCUT2D eigenvalue weighted by molar-refractivity contribution is -0.138. The molecule has 1 rings (SSSR count). The first-order valence-electron chi connectivity index (χ1n) is 4.21. The van der Waals surface area contributed by atoms with Gasteiger partial charge in [0.05, 0.1) is 6.54 Å². The molecule has 0 unspecified atom stereocenters. The molecule has 0 aliphatic heterocycles. The zero-order chi connectivity index (χ0) is 11.3. The first-order chi connectivity index (χ1) is 7.09. The van der Waals surface area contributed by atoms with Crippen LogP contribution in [0.4, 0.5) is 4.79 Å². The highest BCUT2D eigenvalue weighted by molar-refractivity contribution is 5.81. The quantitative estimate of drug-likeness (QED) is 0.515. The van der Waals surface area contributed by atoms with Gasteiger partial charge >= 0.3 is 12.0 Å². The van der Waals surface area contributed by atoms with Crippen LogP contribution in [0.15, 0.2) is 6.33 Å². The van der Waals surface area contributed by atoms with Gasteiger partial charge in [-0.3, -0.25) is 9.89 Å². The highest BCUT2D eigenvalue weighted by atomic mass is 16.4. The highest BCUT2D eigenvalue weighted by Crippen LogP contribution is 1.85. The van der Waals surface area contributed by atoms with Gasteiger partial charge in [-0.1, -0.05) is 0 Å². The Morgan fingerprint density at radius 3 is 2.93 bits per heavy atom. The molecule has 1 aromatic rings. The van der Waals surface area contributed by atoms with Crippen molar-refractivity contribution < 1.29 is 14.7 Å². The Morgan fingerprint density at radius 2 is 2.40 bits per heavy atom. The van der Waals surface area contributed by atoms with E-state index in [1.165, 1.54) is 13.3 Å². The van der Waals surface area contributed by atoms with E-state index >= 15 is 0 Å². The molecule has 1 heterocycles. The zero-order valence-corrected chi connectivity index (χ0v) is 8.02. The van der Waals surface area contributed by atoms with Crippen LogP contribution in [0.1, 0.15) is 12.7 Å². The van der Waals surface area contributed by atoms with Crippen molar-refractivity contribution in [2.75, 3.05) is 0 Å². The summed E-state index contributed by atoms with van der Waals surface area (Å²) in [6.45, 7) is 1.54. The summed E-state index contributed by atoms with van der Waals surface area (Å²) in [5.41, 5.74) is 0. The van der Waals surface area contributed by atoms with Gasteiger partial charge in [0.2, 0.25) is 0 Å². The Morgan fingerprint density at radius 1 is 1.67 bits per heavy atom. The SMILES string of the molecule is C[C@H](NC(=O)NCc1ncn[nH]1)C(=O)O. The summed E-state index contributed by atoms with van der Waals surface area (Å²) in [5, 5.41) is 19.3. The summed E-state index contributed by atoms with van der Waals surface area (Å²) >= 11 is 0. The van der Waals surface area contributed by atoms with Gasteiger partial charge in [-0.25, -0.2) is 9.78 Å². The molecule has 8 heteroatoms. The lowest BCUT2D eigenvalue weighted by atomic mass is 10.3. The minimum absolute atomic E-state index is 0.165. The summed E-state index contributed by atoms with van der Waals surface area (Å²) in [4.78, 5) is 25.3. The Bertz CT molecular complexity index is 336. The molecule has 0 saturated heterocycles. The molecule has 0 radical (unpaired) electrons. The summed E-state index contributed by atoms with van der Waals surface area (Å²) < 4.78 is 0. The average Bonchev–Trinajstić information content (AvgIpc) is 2.66. The van der Waals surface area contributed by atoms with Crippen LogP contribution in [0, 0.1) is 0 Å². The summed E-state index contributed by atoms with van der Waals surface area (Å²) in [6, 6.07) is -1.50. The summed E-state index contributed by atoms with van der Waals surface area (Å²) in [7, 11) is 0. The average molecular weight is 213 g/mol. The second kappa shape index (κ2) is 4.94. The molecule has 0 aliphatic rings. The predicted octanol–water partition coefficient (Wildman–Crippen LogP) is -0.923. The molecular weight excluding hydrogens is 202 g/mol. The van der Waals surface area contributed by atoms with Crippen molar-refractivity contribution in [3.05, 3.63) is 12.2 Å². The highest BCUT2D eigenvalue weighted by Gasteiger charge is 2.13. The van der Waals surface area contributed by atoms with E-state index in [-0.39, 0.29) is 6.54 Å². The van der Waals surface area contributed by atoms with Crippen molar-refractivity contribution >= 4 is 12.0 Å². The molecule has 0 aliphatic carbocycles. The Kier molecular flexibility index (Phi) is 3.61. The van der Waals surface area contributed by atoms with Gasteiger partial charge in [0.25, 0.3) is 0 Å². The lowest BCUT2D eigenvalue weighted by Crippen LogP contribution is -2.44. The number of carboxylic acids is 1. The number of carbonyl (C=O) groups is 2. The maximum absolute atomic E-state index is 11.1. The van der Waals surface area contributed by atoms with Crippen LogP contribution in [0.2, 0.25) is 0 Å². The number of rotatable bonds is 4. The van der Waals surface area contributed by atoms with Gasteiger partial charge < -0.3 is 15.7 Å².